The Morgan fingerprint density at radius 3 is 2.48 bits per heavy atom. The van der Waals surface area contributed by atoms with Crippen LogP contribution < -0.4 is 14.8 Å². The quantitative estimate of drug-likeness (QED) is 0.916. The number of ether oxygens (including phenoxy) is 2. The van der Waals surface area contributed by atoms with Crippen molar-refractivity contribution in [1.82, 2.24) is 0 Å². The van der Waals surface area contributed by atoms with E-state index in [-0.39, 0.29) is 11.6 Å². The molecule has 1 aliphatic heterocycles. The third-order valence-electron chi connectivity index (χ3n) is 5.11. The lowest BCUT2D eigenvalue weighted by atomic mass is 9.77. The lowest BCUT2D eigenvalue weighted by Crippen LogP contribution is -2.38. The van der Waals surface area contributed by atoms with E-state index in [1.807, 2.05) is 18.2 Å². The van der Waals surface area contributed by atoms with Crippen LogP contribution in [0.3, 0.4) is 0 Å². The topological polar surface area (TPSA) is 47.6 Å². The van der Waals surface area contributed by atoms with E-state index in [1.54, 1.807) is 18.2 Å². The molecule has 1 N–H and O–H groups in total. The van der Waals surface area contributed by atoms with E-state index in [2.05, 4.69) is 5.32 Å². The number of hydrogen-bond donors (Lipinski definition) is 1. The van der Waals surface area contributed by atoms with Crippen LogP contribution in [0.25, 0.3) is 0 Å². The van der Waals surface area contributed by atoms with Gasteiger partial charge in [-0.2, -0.15) is 0 Å². The van der Waals surface area contributed by atoms with Gasteiger partial charge in [0.15, 0.2) is 11.5 Å². The molecule has 0 bridgehead atoms. The fourth-order valence-corrected chi connectivity index (χ4v) is 3.77. The number of para-hydroxylation sites is 1. The lowest BCUT2D eigenvalue weighted by Gasteiger charge is -2.30. The molecule has 0 spiro atoms. The fourth-order valence-electron chi connectivity index (χ4n) is 3.77. The van der Waals surface area contributed by atoms with Crippen LogP contribution in [-0.4, -0.2) is 19.1 Å². The molecule has 0 aromatic heterocycles. The van der Waals surface area contributed by atoms with Crippen LogP contribution in [0.5, 0.6) is 11.5 Å². The molecule has 4 rings (SSSR count). The molecule has 2 aromatic rings. The van der Waals surface area contributed by atoms with Crippen molar-refractivity contribution in [3.05, 3.63) is 53.8 Å². The van der Waals surface area contributed by atoms with Gasteiger partial charge in [0.2, 0.25) is 5.91 Å². The van der Waals surface area contributed by atoms with E-state index in [4.69, 9.17) is 9.47 Å². The number of rotatable bonds is 3. The van der Waals surface area contributed by atoms with Gasteiger partial charge in [-0.05, 0) is 42.7 Å². The van der Waals surface area contributed by atoms with Crippen molar-refractivity contribution in [3.63, 3.8) is 0 Å². The minimum atomic E-state index is -0.655. The summed E-state index contributed by atoms with van der Waals surface area (Å²) in [5.41, 5.74) is 0.470. The van der Waals surface area contributed by atoms with Gasteiger partial charge in [0.1, 0.15) is 19.0 Å². The SMILES string of the molecule is O=C(Nc1ccccc1F)C1(c2ccc3c(c2)OCCO3)CCCC1. The molecule has 25 heavy (non-hydrogen) atoms. The van der Waals surface area contributed by atoms with Crippen LogP contribution >= 0.6 is 0 Å². The molecule has 1 aliphatic carbocycles. The Morgan fingerprint density at radius 2 is 1.72 bits per heavy atom. The molecule has 0 atom stereocenters. The van der Waals surface area contributed by atoms with Gasteiger partial charge in [-0.1, -0.05) is 31.0 Å². The molecular formula is C20H20FNO3. The lowest BCUT2D eigenvalue weighted by molar-refractivity contribution is -0.121. The van der Waals surface area contributed by atoms with E-state index < -0.39 is 11.2 Å². The van der Waals surface area contributed by atoms with Crippen molar-refractivity contribution in [2.24, 2.45) is 0 Å². The molecule has 0 radical (unpaired) electrons. The average Bonchev–Trinajstić information content (AvgIpc) is 3.14. The van der Waals surface area contributed by atoms with Gasteiger partial charge in [0.25, 0.3) is 0 Å². The van der Waals surface area contributed by atoms with Crippen molar-refractivity contribution in [2.45, 2.75) is 31.1 Å². The number of amides is 1. The molecule has 4 nitrogen and oxygen atoms in total. The van der Waals surface area contributed by atoms with Gasteiger partial charge < -0.3 is 14.8 Å². The van der Waals surface area contributed by atoms with Crippen LogP contribution in [0.4, 0.5) is 10.1 Å². The summed E-state index contributed by atoms with van der Waals surface area (Å²) in [6.07, 6.45) is 3.43. The van der Waals surface area contributed by atoms with E-state index in [1.165, 1.54) is 6.07 Å². The average molecular weight is 341 g/mol. The highest BCUT2D eigenvalue weighted by Gasteiger charge is 2.43. The molecule has 1 fully saturated rings. The molecule has 1 amide bonds. The second-order valence-electron chi connectivity index (χ2n) is 6.58. The first-order valence-electron chi connectivity index (χ1n) is 8.65. The number of nitrogens with one attached hydrogen (secondary N) is 1. The van der Waals surface area contributed by atoms with Crippen molar-refractivity contribution >= 4 is 11.6 Å². The monoisotopic (exact) mass is 341 g/mol. The number of carbonyl (C=O) groups is 1. The minimum absolute atomic E-state index is 0.160. The Morgan fingerprint density at radius 1 is 1.00 bits per heavy atom. The summed E-state index contributed by atoms with van der Waals surface area (Å²) >= 11 is 0. The zero-order valence-corrected chi connectivity index (χ0v) is 13.9. The maximum absolute atomic E-state index is 13.9. The number of carbonyl (C=O) groups excluding carboxylic acids is 1. The largest absolute Gasteiger partial charge is 0.486 e. The summed E-state index contributed by atoms with van der Waals surface area (Å²) in [4.78, 5) is 13.1. The Bertz CT molecular complexity index is 799. The number of halogens is 1. The molecule has 2 aliphatic rings. The van der Waals surface area contributed by atoms with Crippen LogP contribution in [0.15, 0.2) is 42.5 Å². The Balaban J connectivity index is 1.68. The van der Waals surface area contributed by atoms with E-state index in [0.717, 1.165) is 31.2 Å². The van der Waals surface area contributed by atoms with E-state index >= 15 is 0 Å². The summed E-state index contributed by atoms with van der Waals surface area (Å²) in [6.45, 7) is 1.04. The van der Waals surface area contributed by atoms with Crippen LogP contribution in [0, 0.1) is 5.82 Å². The molecule has 5 heteroatoms. The van der Waals surface area contributed by atoms with Crippen molar-refractivity contribution in [1.29, 1.82) is 0 Å². The van der Waals surface area contributed by atoms with Gasteiger partial charge in [0.05, 0.1) is 11.1 Å². The maximum atomic E-state index is 13.9. The van der Waals surface area contributed by atoms with Crippen LogP contribution in [-0.2, 0) is 10.2 Å². The van der Waals surface area contributed by atoms with Gasteiger partial charge in [-0.15, -0.1) is 0 Å². The summed E-state index contributed by atoms with van der Waals surface area (Å²) in [6, 6.07) is 11.9. The first-order chi connectivity index (χ1) is 12.2. The number of benzene rings is 2. The molecule has 1 saturated carbocycles. The molecule has 130 valence electrons. The summed E-state index contributed by atoms with van der Waals surface area (Å²) in [5, 5.41) is 2.79. The summed E-state index contributed by atoms with van der Waals surface area (Å²) < 4.78 is 25.2. The van der Waals surface area contributed by atoms with Crippen molar-refractivity contribution in [2.75, 3.05) is 18.5 Å². The number of anilines is 1. The Kier molecular flexibility index (Phi) is 4.07. The van der Waals surface area contributed by atoms with Crippen molar-refractivity contribution < 1.29 is 18.7 Å². The van der Waals surface area contributed by atoms with Crippen LogP contribution in [0.2, 0.25) is 0 Å². The Hall–Kier alpha value is -2.56. The minimum Gasteiger partial charge on any atom is -0.486 e. The third kappa shape index (κ3) is 2.84. The smallest absolute Gasteiger partial charge is 0.235 e. The highest BCUT2D eigenvalue weighted by atomic mass is 19.1. The predicted molar refractivity (Wildman–Crippen MR) is 92.6 cm³/mol. The van der Waals surface area contributed by atoms with Crippen LogP contribution in [0.1, 0.15) is 31.2 Å². The second kappa shape index (κ2) is 6.39. The number of fused-ring (bicyclic) bond motifs is 1. The molecule has 0 saturated heterocycles. The van der Waals surface area contributed by atoms with Crippen molar-refractivity contribution in [3.8, 4) is 11.5 Å². The zero-order valence-electron chi connectivity index (χ0n) is 13.9. The van der Waals surface area contributed by atoms with Gasteiger partial charge in [-0.3, -0.25) is 4.79 Å². The van der Waals surface area contributed by atoms with Gasteiger partial charge >= 0.3 is 0 Å². The maximum Gasteiger partial charge on any atom is 0.235 e. The third-order valence-corrected chi connectivity index (χ3v) is 5.11. The Labute approximate surface area is 146 Å². The molecule has 1 heterocycles. The van der Waals surface area contributed by atoms with Gasteiger partial charge in [-0.25, -0.2) is 4.39 Å². The van der Waals surface area contributed by atoms with Gasteiger partial charge in [0, 0.05) is 0 Å². The predicted octanol–water partition coefficient (Wildman–Crippen LogP) is 4.05. The molecule has 2 aromatic carbocycles. The van der Waals surface area contributed by atoms with E-state index in [0.29, 0.717) is 24.7 Å². The zero-order chi connectivity index (χ0) is 17.3. The second-order valence-corrected chi connectivity index (χ2v) is 6.58. The summed E-state index contributed by atoms with van der Waals surface area (Å²) in [7, 11) is 0. The normalized spacial score (nSPS) is 18.0. The highest BCUT2D eigenvalue weighted by Crippen LogP contribution is 2.45. The first kappa shape index (κ1) is 15.9. The first-order valence-corrected chi connectivity index (χ1v) is 8.65. The molecule has 0 unspecified atom stereocenters. The number of hydrogen-bond acceptors (Lipinski definition) is 3. The molecular weight excluding hydrogens is 321 g/mol. The standard InChI is InChI=1S/C20H20FNO3/c21-15-5-1-2-6-16(15)22-19(23)20(9-3-4-10-20)14-7-8-17-18(13-14)25-12-11-24-17/h1-2,5-8,13H,3-4,9-12H2,(H,22,23). The highest BCUT2D eigenvalue weighted by molar-refractivity contribution is 5.99. The van der Waals surface area contributed by atoms with E-state index in [9.17, 15) is 9.18 Å². The fraction of sp³-hybridized carbons (Fsp3) is 0.350. The summed E-state index contributed by atoms with van der Waals surface area (Å²) in [5.74, 6) is 0.796.